The summed E-state index contributed by atoms with van der Waals surface area (Å²) in [6.07, 6.45) is 1.71. The van der Waals surface area contributed by atoms with Gasteiger partial charge in [-0.2, -0.15) is 0 Å². The first-order valence-corrected chi connectivity index (χ1v) is 7.96. The highest BCUT2D eigenvalue weighted by Gasteiger charge is 2.26. The molecule has 1 aliphatic rings. The SMILES string of the molecule is CC1CN(C)CCN1C(=O)Nc1nnc(-c2ccccn2)s1. The standard InChI is InChI=1S/C14H18N6OS/c1-10-9-19(2)7-8-20(10)14(21)16-13-18-17-12(22-13)11-5-3-4-6-15-11/h3-6,10H,7-9H2,1-2H3,(H,16,18,21). The Bertz CT molecular complexity index is 646. The zero-order valence-electron chi connectivity index (χ0n) is 12.6. The molecule has 0 aliphatic carbocycles. The number of pyridine rings is 1. The lowest BCUT2D eigenvalue weighted by molar-refractivity contribution is 0.125. The van der Waals surface area contributed by atoms with Gasteiger partial charge in [0.1, 0.15) is 5.69 Å². The van der Waals surface area contributed by atoms with Crippen LogP contribution >= 0.6 is 11.3 Å². The average Bonchev–Trinajstić information content (AvgIpc) is 2.96. The van der Waals surface area contributed by atoms with E-state index < -0.39 is 0 Å². The van der Waals surface area contributed by atoms with Crippen LogP contribution in [0, 0.1) is 0 Å². The number of carbonyl (C=O) groups excluding carboxylic acids is 1. The van der Waals surface area contributed by atoms with Crippen molar-refractivity contribution in [3.8, 4) is 10.7 Å². The number of aromatic nitrogens is 3. The average molecular weight is 318 g/mol. The van der Waals surface area contributed by atoms with Crippen molar-refractivity contribution in [2.24, 2.45) is 0 Å². The largest absolute Gasteiger partial charge is 0.324 e. The van der Waals surface area contributed by atoms with Crippen LogP contribution in [0.4, 0.5) is 9.93 Å². The minimum absolute atomic E-state index is 0.121. The summed E-state index contributed by atoms with van der Waals surface area (Å²) in [5.41, 5.74) is 0.758. The van der Waals surface area contributed by atoms with Crippen molar-refractivity contribution in [2.45, 2.75) is 13.0 Å². The van der Waals surface area contributed by atoms with E-state index in [9.17, 15) is 4.79 Å². The van der Waals surface area contributed by atoms with Crippen molar-refractivity contribution in [2.75, 3.05) is 32.0 Å². The lowest BCUT2D eigenvalue weighted by atomic mass is 10.2. The molecule has 3 heterocycles. The maximum Gasteiger partial charge on any atom is 0.324 e. The molecule has 0 radical (unpaired) electrons. The third-order valence-electron chi connectivity index (χ3n) is 3.61. The molecule has 1 unspecified atom stereocenters. The maximum absolute atomic E-state index is 12.3. The van der Waals surface area contributed by atoms with Gasteiger partial charge in [-0.15, -0.1) is 10.2 Å². The van der Waals surface area contributed by atoms with Crippen molar-refractivity contribution in [3.63, 3.8) is 0 Å². The molecule has 0 bridgehead atoms. The third kappa shape index (κ3) is 3.23. The molecular weight excluding hydrogens is 300 g/mol. The predicted molar refractivity (Wildman–Crippen MR) is 85.8 cm³/mol. The molecule has 3 rings (SSSR count). The predicted octanol–water partition coefficient (Wildman–Crippen LogP) is 1.77. The van der Waals surface area contributed by atoms with E-state index in [0.29, 0.717) is 10.1 Å². The fraction of sp³-hybridized carbons (Fsp3) is 0.429. The Morgan fingerprint density at radius 1 is 1.36 bits per heavy atom. The van der Waals surface area contributed by atoms with Gasteiger partial charge in [-0.05, 0) is 26.1 Å². The van der Waals surface area contributed by atoms with Crippen LogP contribution in [-0.2, 0) is 0 Å². The Labute approximate surface area is 133 Å². The summed E-state index contributed by atoms with van der Waals surface area (Å²) in [4.78, 5) is 20.6. The highest BCUT2D eigenvalue weighted by Crippen LogP contribution is 2.24. The third-order valence-corrected chi connectivity index (χ3v) is 4.48. The number of nitrogens with one attached hydrogen (secondary N) is 1. The molecule has 22 heavy (non-hydrogen) atoms. The Morgan fingerprint density at radius 2 is 2.23 bits per heavy atom. The molecule has 1 aliphatic heterocycles. The van der Waals surface area contributed by atoms with Gasteiger partial charge >= 0.3 is 6.03 Å². The lowest BCUT2D eigenvalue weighted by Gasteiger charge is -2.37. The molecule has 1 saturated heterocycles. The first-order chi connectivity index (χ1) is 10.6. The van der Waals surface area contributed by atoms with Gasteiger partial charge in [0.05, 0.1) is 0 Å². The molecule has 1 atom stereocenters. The Morgan fingerprint density at radius 3 is 2.95 bits per heavy atom. The van der Waals surface area contributed by atoms with E-state index in [-0.39, 0.29) is 12.1 Å². The van der Waals surface area contributed by atoms with Crippen LogP contribution in [0.1, 0.15) is 6.92 Å². The van der Waals surface area contributed by atoms with Crippen molar-refractivity contribution < 1.29 is 4.79 Å². The number of amides is 2. The normalized spacial score (nSPS) is 19.2. The van der Waals surface area contributed by atoms with Crippen LogP contribution in [0.5, 0.6) is 0 Å². The van der Waals surface area contributed by atoms with Crippen LogP contribution in [-0.4, -0.2) is 63.7 Å². The van der Waals surface area contributed by atoms with E-state index in [2.05, 4.69) is 39.4 Å². The molecular formula is C14H18N6OS. The summed E-state index contributed by atoms with van der Waals surface area (Å²) in [7, 11) is 2.07. The van der Waals surface area contributed by atoms with E-state index >= 15 is 0 Å². The summed E-state index contributed by atoms with van der Waals surface area (Å²) >= 11 is 1.33. The van der Waals surface area contributed by atoms with Gasteiger partial charge in [0.15, 0.2) is 5.01 Å². The van der Waals surface area contributed by atoms with Gasteiger partial charge in [0.25, 0.3) is 0 Å². The van der Waals surface area contributed by atoms with Gasteiger partial charge in [0, 0.05) is 31.9 Å². The topological polar surface area (TPSA) is 74.2 Å². The summed E-state index contributed by atoms with van der Waals surface area (Å²) in [6.45, 7) is 4.53. The van der Waals surface area contributed by atoms with E-state index in [1.165, 1.54) is 11.3 Å². The highest BCUT2D eigenvalue weighted by atomic mass is 32.1. The summed E-state index contributed by atoms with van der Waals surface area (Å²) in [5, 5.41) is 12.1. The molecule has 0 aromatic carbocycles. The van der Waals surface area contributed by atoms with Gasteiger partial charge in [0.2, 0.25) is 5.13 Å². The van der Waals surface area contributed by atoms with Crippen LogP contribution in [0.3, 0.4) is 0 Å². The summed E-state index contributed by atoms with van der Waals surface area (Å²) in [5.74, 6) is 0. The lowest BCUT2D eigenvalue weighted by Crippen LogP contribution is -2.53. The van der Waals surface area contributed by atoms with Crippen LogP contribution in [0.15, 0.2) is 24.4 Å². The van der Waals surface area contributed by atoms with Crippen LogP contribution < -0.4 is 5.32 Å². The molecule has 0 spiro atoms. The number of likely N-dealkylation sites (N-methyl/N-ethyl adjacent to an activating group) is 1. The minimum Gasteiger partial charge on any atom is -0.319 e. The van der Waals surface area contributed by atoms with Gasteiger partial charge in [-0.25, -0.2) is 4.79 Å². The molecule has 2 aromatic heterocycles. The summed E-state index contributed by atoms with van der Waals surface area (Å²) in [6, 6.07) is 5.68. The molecule has 1 N–H and O–H groups in total. The van der Waals surface area contributed by atoms with Gasteiger partial charge < -0.3 is 9.80 Å². The van der Waals surface area contributed by atoms with Gasteiger partial charge in [-0.1, -0.05) is 17.4 Å². The second-order valence-corrected chi connectivity index (χ2v) is 6.34. The first-order valence-electron chi connectivity index (χ1n) is 7.14. The molecule has 8 heteroatoms. The van der Waals surface area contributed by atoms with E-state index in [1.807, 2.05) is 23.1 Å². The fourth-order valence-corrected chi connectivity index (χ4v) is 3.18. The Hall–Kier alpha value is -2.06. The number of piperazine rings is 1. The second kappa shape index (κ2) is 6.37. The van der Waals surface area contributed by atoms with Crippen molar-refractivity contribution in [1.82, 2.24) is 25.0 Å². The van der Waals surface area contributed by atoms with Crippen molar-refractivity contribution in [1.29, 1.82) is 0 Å². The number of nitrogens with zero attached hydrogens (tertiary/aromatic N) is 5. The Balaban J connectivity index is 1.66. The monoisotopic (exact) mass is 318 g/mol. The minimum atomic E-state index is -0.121. The quantitative estimate of drug-likeness (QED) is 0.913. The number of anilines is 1. The zero-order valence-corrected chi connectivity index (χ0v) is 13.4. The zero-order chi connectivity index (χ0) is 15.5. The van der Waals surface area contributed by atoms with E-state index in [0.717, 1.165) is 25.3 Å². The number of rotatable bonds is 2. The van der Waals surface area contributed by atoms with Crippen molar-refractivity contribution >= 4 is 22.5 Å². The molecule has 2 amide bonds. The molecule has 0 saturated carbocycles. The molecule has 2 aromatic rings. The number of carbonyl (C=O) groups is 1. The Kier molecular flexibility index (Phi) is 4.30. The van der Waals surface area contributed by atoms with Crippen LogP contribution in [0.2, 0.25) is 0 Å². The van der Waals surface area contributed by atoms with Crippen molar-refractivity contribution in [3.05, 3.63) is 24.4 Å². The first kappa shape index (κ1) is 14.9. The highest BCUT2D eigenvalue weighted by molar-refractivity contribution is 7.18. The molecule has 1 fully saturated rings. The van der Waals surface area contributed by atoms with E-state index in [4.69, 9.17) is 0 Å². The maximum atomic E-state index is 12.3. The second-order valence-electron chi connectivity index (χ2n) is 5.36. The summed E-state index contributed by atoms with van der Waals surface area (Å²) < 4.78 is 0. The molecule has 116 valence electrons. The number of hydrogen-bond donors (Lipinski definition) is 1. The van der Waals surface area contributed by atoms with Crippen LogP contribution in [0.25, 0.3) is 10.7 Å². The van der Waals surface area contributed by atoms with E-state index in [1.54, 1.807) is 6.20 Å². The smallest absolute Gasteiger partial charge is 0.319 e. The van der Waals surface area contributed by atoms with Gasteiger partial charge in [-0.3, -0.25) is 10.3 Å². The molecule has 7 nitrogen and oxygen atoms in total. The number of urea groups is 1. The fourth-order valence-electron chi connectivity index (χ4n) is 2.47. The number of hydrogen-bond acceptors (Lipinski definition) is 6.